The van der Waals surface area contributed by atoms with Crippen molar-refractivity contribution in [2.75, 3.05) is 0 Å². The summed E-state index contributed by atoms with van der Waals surface area (Å²) >= 11 is 0. The Morgan fingerprint density at radius 3 is 2.47 bits per heavy atom. The van der Waals surface area contributed by atoms with Gasteiger partial charge in [-0.3, -0.25) is 4.79 Å². The number of esters is 1. The SMILES string of the molecule is CC1CCCCC1OC(=O)CC(N)C(C)(C)C. The van der Waals surface area contributed by atoms with Crippen LogP contribution >= 0.6 is 0 Å². The molecule has 3 unspecified atom stereocenters. The van der Waals surface area contributed by atoms with Gasteiger partial charge in [0.25, 0.3) is 0 Å². The van der Waals surface area contributed by atoms with Gasteiger partial charge in [0.2, 0.25) is 0 Å². The summed E-state index contributed by atoms with van der Waals surface area (Å²) in [5.41, 5.74) is 5.95. The van der Waals surface area contributed by atoms with Crippen LogP contribution in [0, 0.1) is 11.3 Å². The Morgan fingerprint density at radius 2 is 1.94 bits per heavy atom. The lowest BCUT2D eigenvalue weighted by atomic mass is 9.85. The van der Waals surface area contributed by atoms with Crippen molar-refractivity contribution >= 4 is 5.97 Å². The molecule has 0 saturated heterocycles. The molecule has 0 radical (unpaired) electrons. The van der Waals surface area contributed by atoms with Gasteiger partial charge in [0, 0.05) is 6.04 Å². The Labute approximate surface area is 105 Å². The molecule has 0 amide bonds. The van der Waals surface area contributed by atoms with Crippen LogP contribution in [0.1, 0.15) is 59.8 Å². The van der Waals surface area contributed by atoms with E-state index in [1.807, 2.05) is 20.8 Å². The molecule has 1 rings (SSSR count). The van der Waals surface area contributed by atoms with Crippen molar-refractivity contribution in [3.63, 3.8) is 0 Å². The van der Waals surface area contributed by atoms with Crippen molar-refractivity contribution < 1.29 is 9.53 Å². The van der Waals surface area contributed by atoms with Gasteiger partial charge in [0.1, 0.15) is 6.10 Å². The molecule has 2 N–H and O–H groups in total. The molecule has 3 nitrogen and oxygen atoms in total. The van der Waals surface area contributed by atoms with E-state index in [-0.39, 0.29) is 23.5 Å². The van der Waals surface area contributed by atoms with Crippen LogP contribution in [0.2, 0.25) is 0 Å². The average molecular weight is 241 g/mol. The van der Waals surface area contributed by atoms with Gasteiger partial charge >= 0.3 is 5.97 Å². The fourth-order valence-corrected chi connectivity index (χ4v) is 2.16. The number of nitrogens with two attached hydrogens (primary N) is 1. The zero-order valence-electron chi connectivity index (χ0n) is 11.7. The number of ether oxygens (including phenoxy) is 1. The third kappa shape index (κ3) is 4.66. The van der Waals surface area contributed by atoms with Gasteiger partial charge in [-0.1, -0.05) is 34.1 Å². The summed E-state index contributed by atoms with van der Waals surface area (Å²) in [5.74, 6) is 0.365. The highest BCUT2D eigenvalue weighted by Crippen LogP contribution is 2.27. The standard InChI is InChI=1S/C14H27NO2/c1-10-7-5-6-8-11(10)17-13(16)9-12(15)14(2,3)4/h10-12H,5-9,15H2,1-4H3. The van der Waals surface area contributed by atoms with Gasteiger partial charge in [-0.2, -0.15) is 0 Å². The molecule has 0 aromatic heterocycles. The topological polar surface area (TPSA) is 52.3 Å². The molecule has 1 saturated carbocycles. The Balaban J connectivity index is 2.38. The number of rotatable bonds is 3. The monoisotopic (exact) mass is 241 g/mol. The molecule has 0 aromatic carbocycles. The molecule has 0 spiro atoms. The van der Waals surface area contributed by atoms with Gasteiger partial charge in [-0.25, -0.2) is 0 Å². The van der Waals surface area contributed by atoms with Crippen molar-refractivity contribution in [1.82, 2.24) is 0 Å². The van der Waals surface area contributed by atoms with E-state index < -0.39 is 0 Å². The summed E-state index contributed by atoms with van der Waals surface area (Å²) in [7, 11) is 0. The van der Waals surface area contributed by atoms with Crippen LogP contribution in [0.4, 0.5) is 0 Å². The fourth-order valence-electron chi connectivity index (χ4n) is 2.16. The maximum atomic E-state index is 11.8. The largest absolute Gasteiger partial charge is 0.462 e. The minimum atomic E-state index is -0.133. The van der Waals surface area contributed by atoms with Gasteiger partial charge in [-0.05, 0) is 30.6 Å². The van der Waals surface area contributed by atoms with E-state index in [1.165, 1.54) is 19.3 Å². The molecule has 0 heterocycles. The molecule has 1 fully saturated rings. The van der Waals surface area contributed by atoms with Crippen molar-refractivity contribution in [3.05, 3.63) is 0 Å². The normalized spacial score (nSPS) is 27.6. The third-order valence-corrected chi connectivity index (χ3v) is 3.81. The summed E-state index contributed by atoms with van der Waals surface area (Å²) in [6.45, 7) is 8.32. The third-order valence-electron chi connectivity index (χ3n) is 3.81. The summed E-state index contributed by atoms with van der Waals surface area (Å²) in [4.78, 5) is 11.8. The number of carbonyl (C=O) groups excluding carboxylic acids is 1. The number of hydrogen-bond donors (Lipinski definition) is 1. The predicted octanol–water partition coefficient (Wildman–Crippen LogP) is 2.87. The number of carbonyl (C=O) groups is 1. The summed E-state index contributed by atoms with van der Waals surface area (Å²) < 4.78 is 5.55. The van der Waals surface area contributed by atoms with E-state index in [0.717, 1.165) is 6.42 Å². The Kier molecular flexibility index (Phi) is 4.99. The van der Waals surface area contributed by atoms with Crippen LogP contribution in [0.3, 0.4) is 0 Å². The molecule has 3 atom stereocenters. The van der Waals surface area contributed by atoms with Crippen LogP contribution in [0.15, 0.2) is 0 Å². The molecule has 100 valence electrons. The van der Waals surface area contributed by atoms with Crippen LogP contribution in [-0.2, 0) is 9.53 Å². The lowest BCUT2D eigenvalue weighted by Crippen LogP contribution is -2.38. The molecular weight excluding hydrogens is 214 g/mol. The first kappa shape index (κ1) is 14.5. The van der Waals surface area contributed by atoms with Crippen LogP contribution in [0.25, 0.3) is 0 Å². The second-order valence-electron chi connectivity index (χ2n) is 6.47. The van der Waals surface area contributed by atoms with Gasteiger partial charge in [0.05, 0.1) is 6.42 Å². The molecule has 0 aliphatic heterocycles. The van der Waals surface area contributed by atoms with E-state index in [1.54, 1.807) is 0 Å². The van der Waals surface area contributed by atoms with E-state index in [9.17, 15) is 4.79 Å². The zero-order valence-corrected chi connectivity index (χ0v) is 11.7. The first-order valence-corrected chi connectivity index (χ1v) is 6.75. The van der Waals surface area contributed by atoms with Crippen LogP contribution in [-0.4, -0.2) is 18.1 Å². The molecule has 0 aromatic rings. The highest BCUT2D eigenvalue weighted by atomic mass is 16.5. The quantitative estimate of drug-likeness (QED) is 0.773. The second-order valence-corrected chi connectivity index (χ2v) is 6.47. The lowest BCUT2D eigenvalue weighted by Gasteiger charge is -2.30. The molecule has 17 heavy (non-hydrogen) atoms. The minimum Gasteiger partial charge on any atom is -0.462 e. The van der Waals surface area contributed by atoms with Crippen molar-refractivity contribution in [3.8, 4) is 0 Å². The smallest absolute Gasteiger partial charge is 0.307 e. The highest BCUT2D eigenvalue weighted by molar-refractivity contribution is 5.70. The molecular formula is C14H27NO2. The summed E-state index contributed by atoms with van der Waals surface area (Å²) in [5, 5.41) is 0. The molecule has 0 bridgehead atoms. The van der Waals surface area contributed by atoms with Crippen molar-refractivity contribution in [1.29, 1.82) is 0 Å². The Morgan fingerprint density at radius 1 is 1.35 bits per heavy atom. The van der Waals surface area contributed by atoms with Gasteiger partial charge < -0.3 is 10.5 Å². The molecule has 3 heteroatoms. The number of hydrogen-bond acceptors (Lipinski definition) is 3. The summed E-state index contributed by atoms with van der Waals surface area (Å²) in [6, 6.07) is -0.131. The predicted molar refractivity (Wildman–Crippen MR) is 69.6 cm³/mol. The Bertz CT molecular complexity index is 257. The average Bonchev–Trinajstić information content (AvgIpc) is 2.20. The first-order chi connectivity index (χ1) is 7.80. The van der Waals surface area contributed by atoms with E-state index in [4.69, 9.17) is 10.5 Å². The Hall–Kier alpha value is -0.570. The van der Waals surface area contributed by atoms with E-state index in [0.29, 0.717) is 12.3 Å². The van der Waals surface area contributed by atoms with Gasteiger partial charge in [-0.15, -0.1) is 0 Å². The second kappa shape index (κ2) is 5.85. The summed E-state index contributed by atoms with van der Waals surface area (Å²) in [6.07, 6.45) is 5.06. The first-order valence-electron chi connectivity index (χ1n) is 6.75. The van der Waals surface area contributed by atoms with E-state index >= 15 is 0 Å². The fraction of sp³-hybridized carbons (Fsp3) is 0.929. The molecule has 1 aliphatic carbocycles. The van der Waals surface area contributed by atoms with E-state index in [2.05, 4.69) is 6.92 Å². The van der Waals surface area contributed by atoms with Gasteiger partial charge in [0.15, 0.2) is 0 Å². The maximum Gasteiger partial charge on any atom is 0.307 e. The zero-order chi connectivity index (χ0) is 13.1. The highest BCUT2D eigenvalue weighted by Gasteiger charge is 2.28. The van der Waals surface area contributed by atoms with Crippen LogP contribution in [0.5, 0.6) is 0 Å². The van der Waals surface area contributed by atoms with Crippen LogP contribution < -0.4 is 5.73 Å². The van der Waals surface area contributed by atoms with Crippen molar-refractivity contribution in [2.24, 2.45) is 17.1 Å². The lowest BCUT2D eigenvalue weighted by molar-refractivity contribution is -0.154. The molecule has 1 aliphatic rings. The van der Waals surface area contributed by atoms with Crippen molar-refractivity contribution in [2.45, 2.75) is 71.9 Å². The maximum absolute atomic E-state index is 11.8. The minimum absolute atomic E-state index is 0.0444.